The van der Waals surface area contributed by atoms with E-state index in [9.17, 15) is 4.79 Å². The number of amides is 1. The Balaban J connectivity index is 1.81. The lowest BCUT2D eigenvalue weighted by Gasteiger charge is -2.19. The third-order valence-corrected chi connectivity index (χ3v) is 3.31. The van der Waals surface area contributed by atoms with Gasteiger partial charge in [-0.2, -0.15) is 5.10 Å². The minimum absolute atomic E-state index is 0.201. The molecule has 0 aromatic carbocycles. The molecule has 20 heavy (non-hydrogen) atoms. The maximum absolute atomic E-state index is 12.2. The third-order valence-electron chi connectivity index (χ3n) is 3.31. The molecule has 0 spiro atoms. The standard InChI is InChI=1S/C13H16N6O/c1-18-8-10(6-16-18)13(20)17-11-7-14-9-15-12(11)19-4-2-3-5-19/h6-9H,2-5H2,1H3,(H,17,20). The second kappa shape index (κ2) is 5.28. The summed E-state index contributed by atoms with van der Waals surface area (Å²) in [5, 5.41) is 6.85. The number of carbonyl (C=O) groups is 1. The lowest BCUT2D eigenvalue weighted by Crippen LogP contribution is -2.22. The van der Waals surface area contributed by atoms with Gasteiger partial charge in [-0.05, 0) is 12.8 Å². The summed E-state index contributed by atoms with van der Waals surface area (Å²) in [6.07, 6.45) is 8.66. The van der Waals surface area contributed by atoms with Gasteiger partial charge in [0.05, 0.1) is 18.0 Å². The van der Waals surface area contributed by atoms with E-state index in [0.717, 1.165) is 31.7 Å². The Labute approximate surface area is 116 Å². The lowest BCUT2D eigenvalue weighted by molar-refractivity contribution is 0.102. The van der Waals surface area contributed by atoms with Crippen LogP contribution in [-0.4, -0.2) is 38.7 Å². The average Bonchev–Trinajstić information content (AvgIpc) is 3.10. The van der Waals surface area contributed by atoms with Gasteiger partial charge in [0.25, 0.3) is 5.91 Å². The first-order chi connectivity index (χ1) is 9.74. The van der Waals surface area contributed by atoms with Crippen molar-refractivity contribution in [2.45, 2.75) is 12.8 Å². The zero-order valence-corrected chi connectivity index (χ0v) is 11.3. The number of hydrogen-bond donors (Lipinski definition) is 1. The molecule has 0 aliphatic carbocycles. The molecule has 1 saturated heterocycles. The van der Waals surface area contributed by atoms with E-state index in [1.54, 1.807) is 24.1 Å². The predicted molar refractivity (Wildman–Crippen MR) is 74.6 cm³/mol. The number of aromatic nitrogens is 4. The number of carbonyl (C=O) groups excluding carboxylic acids is 1. The highest BCUT2D eigenvalue weighted by atomic mass is 16.1. The van der Waals surface area contributed by atoms with Crippen molar-refractivity contribution in [3.8, 4) is 0 Å². The van der Waals surface area contributed by atoms with Gasteiger partial charge in [-0.25, -0.2) is 9.97 Å². The smallest absolute Gasteiger partial charge is 0.258 e. The van der Waals surface area contributed by atoms with Gasteiger partial charge in [0, 0.05) is 26.3 Å². The molecule has 2 aromatic heterocycles. The van der Waals surface area contributed by atoms with Crippen LogP contribution < -0.4 is 10.2 Å². The molecule has 0 saturated carbocycles. The van der Waals surface area contributed by atoms with Crippen molar-refractivity contribution in [1.29, 1.82) is 0 Å². The van der Waals surface area contributed by atoms with E-state index >= 15 is 0 Å². The summed E-state index contributed by atoms with van der Waals surface area (Å²) >= 11 is 0. The Morgan fingerprint density at radius 1 is 1.30 bits per heavy atom. The van der Waals surface area contributed by atoms with E-state index in [1.165, 1.54) is 12.5 Å². The molecule has 0 radical (unpaired) electrons. The summed E-state index contributed by atoms with van der Waals surface area (Å²) in [6.45, 7) is 1.93. The Morgan fingerprint density at radius 3 is 2.80 bits per heavy atom. The Hall–Kier alpha value is -2.44. The second-order valence-electron chi connectivity index (χ2n) is 4.81. The minimum Gasteiger partial charge on any atom is -0.355 e. The quantitative estimate of drug-likeness (QED) is 0.904. The van der Waals surface area contributed by atoms with Gasteiger partial charge >= 0.3 is 0 Å². The van der Waals surface area contributed by atoms with Crippen molar-refractivity contribution >= 4 is 17.4 Å². The first kappa shape index (κ1) is 12.6. The van der Waals surface area contributed by atoms with E-state index in [-0.39, 0.29) is 5.91 Å². The molecular formula is C13H16N6O. The van der Waals surface area contributed by atoms with E-state index in [2.05, 4.69) is 25.3 Å². The number of anilines is 2. The van der Waals surface area contributed by atoms with Crippen molar-refractivity contribution < 1.29 is 4.79 Å². The molecule has 1 fully saturated rings. The van der Waals surface area contributed by atoms with Crippen LogP contribution >= 0.6 is 0 Å². The van der Waals surface area contributed by atoms with Crippen LogP contribution in [0.2, 0.25) is 0 Å². The highest BCUT2D eigenvalue weighted by molar-refractivity contribution is 6.05. The molecule has 1 aliphatic heterocycles. The maximum atomic E-state index is 12.2. The molecule has 2 aromatic rings. The van der Waals surface area contributed by atoms with Gasteiger partial charge in [-0.15, -0.1) is 0 Å². The average molecular weight is 272 g/mol. The minimum atomic E-state index is -0.201. The van der Waals surface area contributed by atoms with Gasteiger partial charge in [0.2, 0.25) is 0 Å². The van der Waals surface area contributed by atoms with Crippen LogP contribution in [0.4, 0.5) is 11.5 Å². The molecule has 7 heteroatoms. The molecule has 0 atom stereocenters. The summed E-state index contributed by atoms with van der Waals surface area (Å²) in [5.74, 6) is 0.586. The molecule has 1 N–H and O–H groups in total. The Kier molecular flexibility index (Phi) is 3.32. The Bertz CT molecular complexity index is 617. The van der Waals surface area contributed by atoms with Crippen LogP contribution in [0, 0.1) is 0 Å². The highest BCUT2D eigenvalue weighted by Gasteiger charge is 2.19. The van der Waals surface area contributed by atoms with Gasteiger partial charge in [-0.1, -0.05) is 0 Å². The van der Waals surface area contributed by atoms with Crippen LogP contribution in [0.15, 0.2) is 24.9 Å². The molecule has 0 bridgehead atoms. The van der Waals surface area contributed by atoms with Crippen LogP contribution in [0.5, 0.6) is 0 Å². The van der Waals surface area contributed by atoms with Gasteiger partial charge in [0.1, 0.15) is 12.0 Å². The number of nitrogens with zero attached hydrogens (tertiary/aromatic N) is 5. The molecule has 3 rings (SSSR count). The SMILES string of the molecule is Cn1cc(C(=O)Nc2cncnc2N2CCCC2)cn1. The maximum Gasteiger partial charge on any atom is 0.258 e. The fourth-order valence-corrected chi connectivity index (χ4v) is 2.33. The first-order valence-corrected chi connectivity index (χ1v) is 6.59. The van der Waals surface area contributed by atoms with E-state index in [0.29, 0.717) is 11.3 Å². The van der Waals surface area contributed by atoms with Crippen molar-refractivity contribution in [1.82, 2.24) is 19.7 Å². The van der Waals surface area contributed by atoms with Crippen LogP contribution in [-0.2, 0) is 7.05 Å². The molecular weight excluding hydrogens is 256 g/mol. The van der Waals surface area contributed by atoms with E-state index in [1.807, 2.05) is 0 Å². The molecule has 7 nitrogen and oxygen atoms in total. The fraction of sp³-hybridized carbons (Fsp3) is 0.385. The normalized spacial score (nSPS) is 14.6. The summed E-state index contributed by atoms with van der Waals surface area (Å²) in [4.78, 5) is 22.6. The van der Waals surface area contributed by atoms with Crippen molar-refractivity contribution in [3.63, 3.8) is 0 Å². The molecule has 1 aliphatic rings. The summed E-state index contributed by atoms with van der Waals surface area (Å²) in [6, 6.07) is 0. The van der Waals surface area contributed by atoms with Gasteiger partial charge in [-0.3, -0.25) is 9.48 Å². The van der Waals surface area contributed by atoms with E-state index < -0.39 is 0 Å². The highest BCUT2D eigenvalue weighted by Crippen LogP contribution is 2.25. The molecule has 0 unspecified atom stereocenters. The van der Waals surface area contributed by atoms with Crippen LogP contribution in [0.1, 0.15) is 23.2 Å². The molecule has 3 heterocycles. The van der Waals surface area contributed by atoms with Crippen LogP contribution in [0.3, 0.4) is 0 Å². The van der Waals surface area contributed by atoms with Crippen molar-refractivity contribution in [2.75, 3.05) is 23.3 Å². The Morgan fingerprint density at radius 2 is 2.10 bits per heavy atom. The number of aryl methyl sites for hydroxylation is 1. The number of nitrogens with one attached hydrogen (secondary N) is 1. The van der Waals surface area contributed by atoms with Crippen molar-refractivity contribution in [2.24, 2.45) is 7.05 Å². The predicted octanol–water partition coefficient (Wildman–Crippen LogP) is 1.06. The summed E-state index contributed by atoms with van der Waals surface area (Å²) in [7, 11) is 1.78. The lowest BCUT2D eigenvalue weighted by atomic mass is 10.3. The van der Waals surface area contributed by atoms with Crippen molar-refractivity contribution in [3.05, 3.63) is 30.5 Å². The molecule has 104 valence electrons. The second-order valence-corrected chi connectivity index (χ2v) is 4.81. The third kappa shape index (κ3) is 2.47. The number of rotatable bonds is 3. The monoisotopic (exact) mass is 272 g/mol. The van der Waals surface area contributed by atoms with E-state index in [4.69, 9.17) is 0 Å². The van der Waals surface area contributed by atoms with Crippen LogP contribution in [0.25, 0.3) is 0 Å². The summed E-state index contributed by atoms with van der Waals surface area (Å²) < 4.78 is 1.60. The first-order valence-electron chi connectivity index (χ1n) is 6.59. The number of hydrogen-bond acceptors (Lipinski definition) is 5. The van der Waals surface area contributed by atoms with Gasteiger partial charge < -0.3 is 10.2 Å². The zero-order chi connectivity index (χ0) is 13.9. The fourth-order valence-electron chi connectivity index (χ4n) is 2.33. The topological polar surface area (TPSA) is 75.9 Å². The van der Waals surface area contributed by atoms with Gasteiger partial charge in [0.15, 0.2) is 5.82 Å². The zero-order valence-electron chi connectivity index (χ0n) is 11.3. The summed E-state index contributed by atoms with van der Waals surface area (Å²) in [5.41, 5.74) is 1.16. The largest absolute Gasteiger partial charge is 0.355 e. The molecule has 1 amide bonds.